The maximum Gasteiger partial charge on any atom is 1.00 e. The van der Waals surface area contributed by atoms with Gasteiger partial charge < -0.3 is 16.7 Å². The van der Waals surface area contributed by atoms with Crippen molar-refractivity contribution in [3.63, 3.8) is 0 Å². The van der Waals surface area contributed by atoms with Gasteiger partial charge in [-0.3, -0.25) is 4.79 Å². The number of carboxylic acid groups (broad SMARTS) is 3. The second kappa shape index (κ2) is 16.2. The third-order valence-electron chi connectivity index (χ3n) is 0. The molecule has 0 saturated carbocycles. The third-order valence-corrected chi connectivity index (χ3v) is 0. The number of hydrogen-bond acceptors (Lipinski definition) is 2. The average molecular weight is 211 g/mol. The van der Waals surface area contributed by atoms with Crippen molar-refractivity contribution in [2.75, 3.05) is 0 Å². The molecule has 0 rings (SSSR count). The van der Waals surface area contributed by atoms with Gasteiger partial charge in [0, 0.05) is 26.4 Å². The van der Waals surface area contributed by atoms with E-state index in [-0.39, 0.29) is 50.5 Å². The van der Waals surface area contributed by atoms with Crippen molar-refractivity contribution in [1.82, 2.24) is 0 Å². The molecule has 0 spiro atoms. The summed E-state index contributed by atoms with van der Waals surface area (Å²) in [5.41, 5.74) is 0. The standard InChI is InChI=1S/C2H4O2.CH2O3.Na.Zn.H/c1-2(3)4;2-1(3)4;;;/h1H3,(H,3,4);(H2,2,3,4);;;/q;;+1;;-1. The first-order valence-electron chi connectivity index (χ1n) is 1.58. The molecule has 0 unspecified atom stereocenters. The molecule has 52 valence electrons. The Morgan fingerprint density at radius 2 is 1.20 bits per heavy atom. The SMILES string of the molecule is CC(=O)O.O=C(O)O.[H-].[Na+].[Zn]. The summed E-state index contributed by atoms with van der Waals surface area (Å²) in [7, 11) is 0. The molecular weight excluding hydrogens is 204 g/mol. The summed E-state index contributed by atoms with van der Waals surface area (Å²) in [6, 6.07) is 0. The van der Waals surface area contributed by atoms with Crippen molar-refractivity contribution < 1.29 is 75.4 Å². The van der Waals surface area contributed by atoms with Crippen LogP contribution in [0.5, 0.6) is 0 Å². The van der Waals surface area contributed by atoms with Crippen LogP contribution in [0.25, 0.3) is 0 Å². The van der Waals surface area contributed by atoms with E-state index in [0.29, 0.717) is 0 Å². The molecule has 0 aromatic rings. The minimum atomic E-state index is -1.83. The summed E-state index contributed by atoms with van der Waals surface area (Å²) in [5.74, 6) is -0.833. The summed E-state index contributed by atoms with van der Waals surface area (Å²) in [5, 5.41) is 21.4. The van der Waals surface area contributed by atoms with Crippen LogP contribution >= 0.6 is 0 Å². The zero-order valence-corrected chi connectivity index (χ0v) is 10.8. The Labute approximate surface area is 94.0 Å². The molecule has 0 saturated heterocycles. The molecule has 0 amide bonds. The Bertz CT molecular complexity index is 79.7. The maximum absolute atomic E-state index is 9.00. The van der Waals surface area contributed by atoms with Crippen molar-refractivity contribution in [2.24, 2.45) is 0 Å². The minimum absolute atomic E-state index is 0. The summed E-state index contributed by atoms with van der Waals surface area (Å²) >= 11 is 0. The molecule has 0 radical (unpaired) electrons. The molecule has 7 heteroatoms. The van der Waals surface area contributed by atoms with Gasteiger partial charge in [-0.15, -0.1) is 0 Å². The average Bonchev–Trinajstić information content (AvgIpc) is 1.25. The van der Waals surface area contributed by atoms with Gasteiger partial charge in [0.25, 0.3) is 5.97 Å². The van der Waals surface area contributed by atoms with Crippen LogP contribution < -0.4 is 29.6 Å². The molecule has 0 aliphatic heterocycles. The number of aliphatic carboxylic acids is 1. The van der Waals surface area contributed by atoms with Gasteiger partial charge in [0.05, 0.1) is 0 Å². The van der Waals surface area contributed by atoms with E-state index in [1.807, 2.05) is 0 Å². The molecule has 0 aliphatic carbocycles. The van der Waals surface area contributed by atoms with Crippen LogP contribution in [0.15, 0.2) is 0 Å². The van der Waals surface area contributed by atoms with Crippen LogP contribution in [0.3, 0.4) is 0 Å². The molecular formula is C3H7NaO5Zn. The maximum atomic E-state index is 9.00. The molecule has 0 fully saturated rings. The van der Waals surface area contributed by atoms with Crippen molar-refractivity contribution in [2.45, 2.75) is 6.92 Å². The van der Waals surface area contributed by atoms with Gasteiger partial charge >= 0.3 is 35.7 Å². The summed E-state index contributed by atoms with van der Waals surface area (Å²) in [6.45, 7) is 1.08. The van der Waals surface area contributed by atoms with E-state index >= 15 is 0 Å². The summed E-state index contributed by atoms with van der Waals surface area (Å²) < 4.78 is 0. The van der Waals surface area contributed by atoms with E-state index in [0.717, 1.165) is 6.92 Å². The molecule has 0 atom stereocenters. The first-order valence-corrected chi connectivity index (χ1v) is 1.58. The number of carbonyl (C=O) groups is 2. The largest absolute Gasteiger partial charge is 1.00 e. The van der Waals surface area contributed by atoms with Gasteiger partial charge in [-0.1, -0.05) is 0 Å². The quantitative estimate of drug-likeness (QED) is 0.383. The first kappa shape index (κ1) is 22.4. The Morgan fingerprint density at radius 1 is 1.20 bits per heavy atom. The zero-order valence-electron chi connectivity index (χ0n) is 6.87. The van der Waals surface area contributed by atoms with Crippen LogP contribution in [0.2, 0.25) is 0 Å². The van der Waals surface area contributed by atoms with Crippen molar-refractivity contribution in [3.8, 4) is 0 Å². The first-order chi connectivity index (χ1) is 3.46. The van der Waals surface area contributed by atoms with Crippen LogP contribution in [-0.4, -0.2) is 27.4 Å². The van der Waals surface area contributed by atoms with E-state index in [2.05, 4.69) is 0 Å². The third kappa shape index (κ3) is 3430. The summed E-state index contributed by atoms with van der Waals surface area (Å²) in [4.78, 5) is 17.6. The second-order valence-corrected chi connectivity index (χ2v) is 0.802. The monoisotopic (exact) mass is 210 g/mol. The van der Waals surface area contributed by atoms with Gasteiger partial charge in [0.2, 0.25) is 0 Å². The summed E-state index contributed by atoms with van der Waals surface area (Å²) in [6.07, 6.45) is -1.83. The fourth-order valence-corrected chi connectivity index (χ4v) is 0. The van der Waals surface area contributed by atoms with Crippen LogP contribution in [0.1, 0.15) is 8.35 Å². The second-order valence-electron chi connectivity index (χ2n) is 0.802. The Kier molecular flexibility index (Phi) is 36.3. The van der Waals surface area contributed by atoms with Crippen LogP contribution in [0.4, 0.5) is 4.79 Å². The van der Waals surface area contributed by atoms with Gasteiger partial charge in [0.1, 0.15) is 0 Å². The topological polar surface area (TPSA) is 94.8 Å². The van der Waals surface area contributed by atoms with E-state index in [4.69, 9.17) is 24.9 Å². The molecule has 5 nitrogen and oxygen atoms in total. The van der Waals surface area contributed by atoms with Gasteiger partial charge in [0.15, 0.2) is 0 Å². The molecule has 0 aliphatic rings. The van der Waals surface area contributed by atoms with E-state index in [1.54, 1.807) is 0 Å². The fraction of sp³-hybridized carbons (Fsp3) is 0.333. The minimum Gasteiger partial charge on any atom is -1.00 e. The Hall–Kier alpha value is 0.363. The van der Waals surface area contributed by atoms with Crippen molar-refractivity contribution in [1.29, 1.82) is 0 Å². The van der Waals surface area contributed by atoms with Gasteiger partial charge in [-0.25, -0.2) is 4.79 Å². The van der Waals surface area contributed by atoms with E-state index in [9.17, 15) is 0 Å². The van der Waals surface area contributed by atoms with Gasteiger partial charge in [-0.2, -0.15) is 0 Å². The van der Waals surface area contributed by atoms with E-state index < -0.39 is 12.1 Å². The number of carboxylic acids is 1. The van der Waals surface area contributed by atoms with Crippen molar-refractivity contribution >= 4 is 12.1 Å². The molecule has 0 heterocycles. The molecule has 3 N–H and O–H groups in total. The predicted molar refractivity (Wildman–Crippen MR) is 25.1 cm³/mol. The van der Waals surface area contributed by atoms with Gasteiger partial charge in [-0.05, 0) is 0 Å². The number of hydrogen-bond donors (Lipinski definition) is 3. The molecule has 0 aromatic heterocycles. The van der Waals surface area contributed by atoms with Crippen LogP contribution in [-0.2, 0) is 24.3 Å². The fourth-order valence-electron chi connectivity index (χ4n) is 0. The smallest absolute Gasteiger partial charge is 1.00 e. The zero-order chi connectivity index (χ0) is 7.15. The Balaban J connectivity index is -0.0000000171. The molecule has 0 aromatic carbocycles. The van der Waals surface area contributed by atoms with E-state index in [1.165, 1.54) is 0 Å². The molecule has 0 bridgehead atoms. The normalized spacial score (nSPS) is 4.90. The predicted octanol–water partition coefficient (Wildman–Crippen LogP) is -2.57. The Morgan fingerprint density at radius 3 is 1.20 bits per heavy atom. The number of rotatable bonds is 0. The molecule has 10 heavy (non-hydrogen) atoms. The van der Waals surface area contributed by atoms with Crippen molar-refractivity contribution in [3.05, 3.63) is 0 Å². The van der Waals surface area contributed by atoms with Crippen LogP contribution in [0, 0.1) is 0 Å².